The summed E-state index contributed by atoms with van der Waals surface area (Å²) in [6, 6.07) is 16.0. The maximum atomic E-state index is 5.80. The molecule has 0 spiro atoms. The number of anilines is 1. The first-order valence-electron chi connectivity index (χ1n) is 8.54. The van der Waals surface area contributed by atoms with E-state index in [1.807, 2.05) is 54.1 Å². The second kappa shape index (κ2) is 6.51. The molecule has 4 rings (SSSR count). The Hall–Kier alpha value is -2.95. The molecule has 0 radical (unpaired) electrons. The van der Waals surface area contributed by atoms with Gasteiger partial charge < -0.3 is 14.8 Å². The molecule has 5 nitrogen and oxygen atoms in total. The predicted octanol–water partition coefficient (Wildman–Crippen LogP) is 3.91. The molecule has 1 aliphatic heterocycles. The number of rotatable bonds is 5. The van der Waals surface area contributed by atoms with Gasteiger partial charge in [-0.05, 0) is 37.6 Å². The summed E-state index contributed by atoms with van der Waals surface area (Å²) < 4.78 is 13.3. The van der Waals surface area contributed by atoms with Gasteiger partial charge in [0.1, 0.15) is 28.7 Å². The molecule has 0 saturated heterocycles. The van der Waals surface area contributed by atoms with E-state index in [0.29, 0.717) is 6.61 Å². The van der Waals surface area contributed by atoms with Gasteiger partial charge in [0.2, 0.25) is 0 Å². The SMILES string of the molecule is CCOc1ccccc1-n1nc(-c2ccccc2OC)c2c1NCC2. The Morgan fingerprint density at radius 2 is 1.84 bits per heavy atom. The number of nitrogens with zero attached hydrogens (tertiary/aromatic N) is 2. The van der Waals surface area contributed by atoms with Gasteiger partial charge >= 0.3 is 0 Å². The number of ether oxygens (including phenoxy) is 2. The van der Waals surface area contributed by atoms with Crippen molar-refractivity contribution in [2.24, 2.45) is 0 Å². The zero-order valence-corrected chi connectivity index (χ0v) is 14.5. The van der Waals surface area contributed by atoms with Gasteiger partial charge in [-0.2, -0.15) is 5.10 Å². The summed E-state index contributed by atoms with van der Waals surface area (Å²) in [5, 5.41) is 8.39. The van der Waals surface area contributed by atoms with Crippen LogP contribution >= 0.6 is 0 Å². The van der Waals surface area contributed by atoms with Gasteiger partial charge in [0.25, 0.3) is 0 Å². The average molecular weight is 335 g/mol. The molecule has 0 saturated carbocycles. The van der Waals surface area contributed by atoms with Crippen LogP contribution in [0, 0.1) is 0 Å². The first-order valence-corrected chi connectivity index (χ1v) is 8.54. The zero-order valence-electron chi connectivity index (χ0n) is 14.5. The smallest absolute Gasteiger partial charge is 0.145 e. The second-order valence-corrected chi connectivity index (χ2v) is 5.87. The number of aromatic nitrogens is 2. The molecular weight excluding hydrogens is 314 g/mol. The molecule has 2 aromatic carbocycles. The number of hydrogen-bond donors (Lipinski definition) is 1. The lowest BCUT2D eigenvalue weighted by Gasteiger charge is -2.12. The molecule has 1 aromatic heterocycles. The molecule has 128 valence electrons. The van der Waals surface area contributed by atoms with Crippen LogP contribution in [0.4, 0.5) is 5.82 Å². The van der Waals surface area contributed by atoms with E-state index in [1.165, 1.54) is 5.56 Å². The lowest BCUT2D eigenvalue weighted by atomic mass is 10.1. The topological polar surface area (TPSA) is 48.3 Å². The first-order chi connectivity index (χ1) is 12.3. The van der Waals surface area contributed by atoms with Gasteiger partial charge in [-0.25, -0.2) is 4.68 Å². The van der Waals surface area contributed by atoms with E-state index in [2.05, 4.69) is 11.4 Å². The molecule has 5 heteroatoms. The summed E-state index contributed by atoms with van der Waals surface area (Å²) in [5.74, 6) is 2.70. The maximum absolute atomic E-state index is 5.80. The molecule has 0 unspecified atom stereocenters. The summed E-state index contributed by atoms with van der Waals surface area (Å²) in [7, 11) is 1.69. The van der Waals surface area contributed by atoms with E-state index in [9.17, 15) is 0 Å². The standard InChI is InChI=1S/C20H21N3O2/c1-3-25-18-11-7-5-9-16(18)23-20-15(12-13-21-20)19(22-23)14-8-4-6-10-17(14)24-2/h4-11,21H,3,12-13H2,1-2H3. The Labute approximate surface area is 147 Å². The van der Waals surface area contributed by atoms with Gasteiger partial charge in [-0.1, -0.05) is 24.3 Å². The number of benzene rings is 2. The van der Waals surface area contributed by atoms with Gasteiger partial charge in [0.15, 0.2) is 0 Å². The molecule has 0 fully saturated rings. The number of hydrogen-bond acceptors (Lipinski definition) is 4. The third-order valence-electron chi connectivity index (χ3n) is 4.41. The minimum absolute atomic E-state index is 0.618. The number of nitrogens with one attached hydrogen (secondary N) is 1. The van der Waals surface area contributed by atoms with Crippen molar-refractivity contribution in [3.8, 4) is 28.4 Å². The highest BCUT2D eigenvalue weighted by Gasteiger charge is 2.26. The normalized spacial score (nSPS) is 12.6. The third kappa shape index (κ3) is 2.61. The summed E-state index contributed by atoms with van der Waals surface area (Å²) >= 11 is 0. The number of para-hydroxylation sites is 3. The van der Waals surface area contributed by atoms with Gasteiger partial charge in [0.05, 0.1) is 13.7 Å². The summed E-state index contributed by atoms with van der Waals surface area (Å²) in [6.07, 6.45) is 0.944. The Balaban J connectivity index is 1.90. The van der Waals surface area contributed by atoms with Crippen LogP contribution < -0.4 is 14.8 Å². The minimum Gasteiger partial charge on any atom is -0.496 e. The van der Waals surface area contributed by atoms with Gasteiger partial charge in [-0.3, -0.25) is 0 Å². The lowest BCUT2D eigenvalue weighted by molar-refractivity contribution is 0.338. The van der Waals surface area contributed by atoms with Gasteiger partial charge in [0, 0.05) is 17.7 Å². The Morgan fingerprint density at radius 3 is 2.64 bits per heavy atom. The van der Waals surface area contributed by atoms with Crippen LogP contribution in [0.15, 0.2) is 48.5 Å². The molecule has 1 N–H and O–H groups in total. The quantitative estimate of drug-likeness (QED) is 0.768. The van der Waals surface area contributed by atoms with E-state index < -0.39 is 0 Å². The largest absolute Gasteiger partial charge is 0.496 e. The minimum atomic E-state index is 0.618. The fraction of sp³-hybridized carbons (Fsp3) is 0.250. The van der Waals surface area contributed by atoms with Crippen molar-refractivity contribution in [2.75, 3.05) is 25.6 Å². The molecule has 0 aliphatic carbocycles. The second-order valence-electron chi connectivity index (χ2n) is 5.87. The van der Waals surface area contributed by atoms with Crippen LogP contribution in [0.5, 0.6) is 11.5 Å². The first kappa shape index (κ1) is 15.6. The van der Waals surface area contributed by atoms with E-state index in [4.69, 9.17) is 14.6 Å². The highest BCUT2D eigenvalue weighted by Crippen LogP contribution is 2.39. The van der Waals surface area contributed by atoms with Gasteiger partial charge in [-0.15, -0.1) is 0 Å². The molecule has 1 aliphatic rings. The van der Waals surface area contributed by atoms with Crippen molar-refractivity contribution in [1.29, 1.82) is 0 Å². The van der Waals surface area contributed by atoms with E-state index in [0.717, 1.165) is 47.2 Å². The monoisotopic (exact) mass is 335 g/mol. The zero-order chi connectivity index (χ0) is 17.2. The molecule has 0 bridgehead atoms. The van der Waals surface area contributed by atoms with Crippen molar-refractivity contribution in [3.63, 3.8) is 0 Å². The fourth-order valence-corrected chi connectivity index (χ4v) is 3.32. The number of fused-ring (bicyclic) bond motifs is 1. The molecule has 25 heavy (non-hydrogen) atoms. The molecule has 0 amide bonds. The van der Waals surface area contributed by atoms with Crippen LogP contribution in [0.1, 0.15) is 12.5 Å². The summed E-state index contributed by atoms with van der Waals surface area (Å²) in [6.45, 7) is 3.52. The third-order valence-corrected chi connectivity index (χ3v) is 4.41. The fourth-order valence-electron chi connectivity index (χ4n) is 3.32. The molecular formula is C20H21N3O2. The van der Waals surface area contributed by atoms with Crippen molar-refractivity contribution in [3.05, 3.63) is 54.1 Å². The van der Waals surface area contributed by atoms with Crippen LogP contribution in [0.2, 0.25) is 0 Å². The van der Waals surface area contributed by atoms with Crippen LogP contribution in [-0.2, 0) is 6.42 Å². The van der Waals surface area contributed by atoms with Crippen molar-refractivity contribution in [1.82, 2.24) is 9.78 Å². The maximum Gasteiger partial charge on any atom is 0.145 e. The highest BCUT2D eigenvalue weighted by atomic mass is 16.5. The average Bonchev–Trinajstić information content (AvgIpc) is 3.25. The Bertz CT molecular complexity index is 902. The Kier molecular flexibility index (Phi) is 4.06. The van der Waals surface area contributed by atoms with E-state index in [-0.39, 0.29) is 0 Å². The predicted molar refractivity (Wildman–Crippen MR) is 98.9 cm³/mol. The molecule has 0 atom stereocenters. The molecule has 2 heterocycles. The lowest BCUT2D eigenvalue weighted by Crippen LogP contribution is -2.06. The molecule has 3 aromatic rings. The summed E-state index contributed by atoms with van der Waals surface area (Å²) in [5.41, 5.74) is 4.13. The van der Waals surface area contributed by atoms with Crippen molar-refractivity contribution < 1.29 is 9.47 Å². The number of methoxy groups -OCH3 is 1. The van der Waals surface area contributed by atoms with Crippen molar-refractivity contribution in [2.45, 2.75) is 13.3 Å². The highest BCUT2D eigenvalue weighted by molar-refractivity contribution is 5.77. The Morgan fingerprint density at radius 1 is 1.08 bits per heavy atom. The van der Waals surface area contributed by atoms with E-state index in [1.54, 1.807) is 7.11 Å². The van der Waals surface area contributed by atoms with Crippen LogP contribution in [-0.4, -0.2) is 30.0 Å². The van der Waals surface area contributed by atoms with Crippen molar-refractivity contribution >= 4 is 5.82 Å². The van der Waals surface area contributed by atoms with Crippen LogP contribution in [0.25, 0.3) is 16.9 Å². The summed E-state index contributed by atoms with van der Waals surface area (Å²) in [4.78, 5) is 0. The van der Waals surface area contributed by atoms with E-state index >= 15 is 0 Å². The van der Waals surface area contributed by atoms with Crippen LogP contribution in [0.3, 0.4) is 0 Å².